The van der Waals surface area contributed by atoms with Gasteiger partial charge in [0.15, 0.2) is 0 Å². The van der Waals surface area contributed by atoms with Crippen LogP contribution in [-0.4, -0.2) is 18.8 Å². The van der Waals surface area contributed by atoms with Gasteiger partial charge in [-0.15, -0.1) is 0 Å². The number of fused-ring (bicyclic) bond motifs is 1. The molecule has 3 aromatic rings. The molecule has 0 radical (unpaired) electrons. The Hall–Kier alpha value is -2.94. The van der Waals surface area contributed by atoms with Gasteiger partial charge in [0.05, 0.1) is 13.7 Å². The van der Waals surface area contributed by atoms with E-state index in [0.29, 0.717) is 6.61 Å². The van der Waals surface area contributed by atoms with Crippen molar-refractivity contribution in [3.8, 4) is 17.2 Å². The van der Waals surface area contributed by atoms with Crippen LogP contribution in [0, 0.1) is 0 Å². The van der Waals surface area contributed by atoms with E-state index in [1.165, 1.54) is 11.1 Å². The third-order valence-electron chi connectivity index (χ3n) is 4.86. The summed E-state index contributed by atoms with van der Waals surface area (Å²) in [4.78, 5) is 0. The first-order valence-electron chi connectivity index (χ1n) is 8.41. The number of aromatic hydroxyl groups is 1. The molecule has 0 saturated heterocycles. The van der Waals surface area contributed by atoms with Crippen LogP contribution in [0.3, 0.4) is 0 Å². The van der Waals surface area contributed by atoms with Crippen LogP contribution in [0.2, 0.25) is 0 Å². The lowest BCUT2D eigenvalue weighted by Crippen LogP contribution is -2.25. The average molecular weight is 332 g/mol. The van der Waals surface area contributed by atoms with E-state index in [4.69, 9.17) is 9.47 Å². The zero-order valence-corrected chi connectivity index (χ0v) is 14.1. The molecule has 126 valence electrons. The number of hydrogen-bond acceptors (Lipinski definition) is 3. The van der Waals surface area contributed by atoms with Crippen LogP contribution >= 0.6 is 0 Å². The van der Waals surface area contributed by atoms with E-state index in [1.807, 2.05) is 30.3 Å². The fourth-order valence-electron chi connectivity index (χ4n) is 3.60. The van der Waals surface area contributed by atoms with Crippen molar-refractivity contribution in [1.29, 1.82) is 0 Å². The minimum atomic E-state index is 0.164. The lowest BCUT2D eigenvalue weighted by Gasteiger charge is -2.34. The largest absolute Gasteiger partial charge is 0.508 e. The van der Waals surface area contributed by atoms with Crippen molar-refractivity contribution in [3.63, 3.8) is 0 Å². The van der Waals surface area contributed by atoms with E-state index < -0.39 is 0 Å². The van der Waals surface area contributed by atoms with Crippen molar-refractivity contribution in [2.24, 2.45) is 0 Å². The monoisotopic (exact) mass is 332 g/mol. The molecule has 0 aliphatic carbocycles. The molecule has 0 fully saturated rings. The molecule has 1 N–H and O–H groups in total. The van der Waals surface area contributed by atoms with E-state index in [1.54, 1.807) is 19.2 Å². The van der Waals surface area contributed by atoms with Gasteiger partial charge in [-0.25, -0.2) is 0 Å². The Morgan fingerprint density at radius 1 is 0.920 bits per heavy atom. The number of phenols is 1. The van der Waals surface area contributed by atoms with Crippen molar-refractivity contribution in [1.82, 2.24) is 0 Å². The van der Waals surface area contributed by atoms with Crippen molar-refractivity contribution < 1.29 is 14.6 Å². The highest BCUT2D eigenvalue weighted by atomic mass is 16.5. The van der Waals surface area contributed by atoms with Crippen molar-refractivity contribution in [3.05, 3.63) is 89.5 Å². The fourth-order valence-corrected chi connectivity index (χ4v) is 3.60. The quantitative estimate of drug-likeness (QED) is 0.755. The topological polar surface area (TPSA) is 38.7 Å². The zero-order valence-electron chi connectivity index (χ0n) is 14.1. The second-order valence-corrected chi connectivity index (χ2v) is 6.30. The van der Waals surface area contributed by atoms with E-state index in [9.17, 15) is 5.11 Å². The Morgan fingerprint density at radius 2 is 1.68 bits per heavy atom. The van der Waals surface area contributed by atoms with E-state index >= 15 is 0 Å². The number of benzene rings is 3. The number of methoxy groups -OCH3 is 1. The van der Waals surface area contributed by atoms with Crippen molar-refractivity contribution in [2.75, 3.05) is 13.7 Å². The molecule has 3 nitrogen and oxygen atoms in total. The van der Waals surface area contributed by atoms with Crippen molar-refractivity contribution >= 4 is 0 Å². The Labute approximate surface area is 147 Å². The molecule has 0 bridgehead atoms. The molecule has 3 aromatic carbocycles. The molecule has 3 heteroatoms. The fraction of sp³-hybridized carbons (Fsp3) is 0.182. The van der Waals surface area contributed by atoms with Crippen LogP contribution in [0.1, 0.15) is 28.5 Å². The van der Waals surface area contributed by atoms with Gasteiger partial charge in [-0.1, -0.05) is 48.5 Å². The molecular formula is C22H20O3. The summed E-state index contributed by atoms with van der Waals surface area (Å²) in [5.41, 5.74) is 3.56. The van der Waals surface area contributed by atoms with Gasteiger partial charge in [0.25, 0.3) is 0 Å². The number of ether oxygens (including phenoxy) is 2. The van der Waals surface area contributed by atoms with E-state index in [0.717, 1.165) is 17.1 Å². The molecule has 4 rings (SSSR count). The van der Waals surface area contributed by atoms with Gasteiger partial charge in [-0.05, 0) is 29.3 Å². The Morgan fingerprint density at radius 3 is 2.40 bits per heavy atom. The van der Waals surface area contributed by atoms with Crippen LogP contribution < -0.4 is 9.47 Å². The van der Waals surface area contributed by atoms with Crippen LogP contribution in [0.25, 0.3) is 0 Å². The van der Waals surface area contributed by atoms with E-state index in [2.05, 4.69) is 30.3 Å². The van der Waals surface area contributed by atoms with Crippen molar-refractivity contribution in [2.45, 2.75) is 11.8 Å². The molecule has 0 amide bonds. The molecule has 25 heavy (non-hydrogen) atoms. The lowest BCUT2D eigenvalue weighted by atomic mass is 9.76. The maximum atomic E-state index is 9.66. The molecule has 0 saturated carbocycles. The molecule has 1 heterocycles. The summed E-state index contributed by atoms with van der Waals surface area (Å²) in [6, 6.07) is 23.9. The maximum absolute atomic E-state index is 9.66. The highest BCUT2D eigenvalue weighted by Gasteiger charge is 2.33. The second-order valence-electron chi connectivity index (χ2n) is 6.30. The smallest absolute Gasteiger partial charge is 0.126 e. The molecule has 2 atom stereocenters. The summed E-state index contributed by atoms with van der Waals surface area (Å²) in [6.07, 6.45) is 0. The minimum Gasteiger partial charge on any atom is -0.508 e. The first-order valence-corrected chi connectivity index (χ1v) is 8.41. The number of hydrogen-bond donors (Lipinski definition) is 1. The zero-order chi connectivity index (χ0) is 17.2. The number of phenolic OH excluding ortho intramolecular Hbond substituents is 1. The Kier molecular flexibility index (Phi) is 4.06. The molecular weight excluding hydrogens is 312 g/mol. The van der Waals surface area contributed by atoms with Gasteiger partial charge in [-0.3, -0.25) is 0 Å². The first-order chi connectivity index (χ1) is 12.3. The third kappa shape index (κ3) is 2.93. The maximum Gasteiger partial charge on any atom is 0.126 e. The second kappa shape index (κ2) is 6.52. The molecule has 1 aliphatic rings. The van der Waals surface area contributed by atoms with Gasteiger partial charge in [0.1, 0.15) is 17.2 Å². The van der Waals surface area contributed by atoms with Crippen LogP contribution in [0.15, 0.2) is 72.8 Å². The summed E-state index contributed by atoms with van der Waals surface area (Å²) < 4.78 is 11.4. The first kappa shape index (κ1) is 15.6. The highest BCUT2D eigenvalue weighted by molar-refractivity contribution is 5.51. The molecule has 0 aromatic heterocycles. The minimum absolute atomic E-state index is 0.164. The summed E-state index contributed by atoms with van der Waals surface area (Å²) >= 11 is 0. The van der Waals surface area contributed by atoms with Gasteiger partial charge in [0.2, 0.25) is 0 Å². The third-order valence-corrected chi connectivity index (χ3v) is 4.86. The SMILES string of the molecule is COc1ccc2c(c1)OC[C@H](c1ccccc1)[C@@H]2c1ccc(O)cc1. The average Bonchev–Trinajstić information content (AvgIpc) is 2.68. The number of rotatable bonds is 3. The van der Waals surface area contributed by atoms with Gasteiger partial charge in [0, 0.05) is 23.5 Å². The summed E-state index contributed by atoms with van der Waals surface area (Å²) in [6.45, 7) is 0.607. The van der Waals surface area contributed by atoms with Gasteiger partial charge >= 0.3 is 0 Å². The van der Waals surface area contributed by atoms with Gasteiger partial charge < -0.3 is 14.6 Å². The van der Waals surface area contributed by atoms with Gasteiger partial charge in [-0.2, -0.15) is 0 Å². The molecule has 0 spiro atoms. The van der Waals surface area contributed by atoms with Crippen LogP contribution in [0.5, 0.6) is 17.2 Å². The Bertz CT molecular complexity index is 856. The molecule has 0 unspecified atom stereocenters. The van der Waals surface area contributed by atoms with Crippen LogP contribution in [-0.2, 0) is 0 Å². The predicted molar refractivity (Wildman–Crippen MR) is 97.6 cm³/mol. The summed E-state index contributed by atoms with van der Waals surface area (Å²) in [5, 5.41) is 9.66. The highest BCUT2D eigenvalue weighted by Crippen LogP contribution is 2.47. The normalized spacial score (nSPS) is 18.9. The molecule has 1 aliphatic heterocycles. The summed E-state index contributed by atoms with van der Waals surface area (Å²) in [7, 11) is 1.66. The lowest BCUT2D eigenvalue weighted by molar-refractivity contribution is 0.247. The van der Waals surface area contributed by atoms with Crippen LogP contribution in [0.4, 0.5) is 0 Å². The Balaban J connectivity index is 1.84. The predicted octanol–water partition coefficient (Wildman–Crippen LogP) is 4.71. The summed E-state index contributed by atoms with van der Waals surface area (Å²) in [5.74, 6) is 2.32. The standard InChI is InChI=1S/C22H20O3/c1-24-18-11-12-19-21(13-18)25-14-20(15-5-3-2-4-6-15)22(19)16-7-9-17(23)10-8-16/h2-13,20,22-23H,14H2,1H3/t20-,22-/m1/s1. The van der Waals surface area contributed by atoms with E-state index in [-0.39, 0.29) is 17.6 Å².